The van der Waals surface area contributed by atoms with Crippen LogP contribution in [0.4, 0.5) is 4.79 Å². The van der Waals surface area contributed by atoms with E-state index in [1.54, 1.807) is 17.7 Å². The van der Waals surface area contributed by atoms with Gasteiger partial charge >= 0.3 is 6.09 Å². The van der Waals surface area contributed by atoms with E-state index in [1.165, 1.54) is 16.9 Å². The Morgan fingerprint density at radius 3 is 2.69 bits per heavy atom. The third-order valence-electron chi connectivity index (χ3n) is 5.56. The van der Waals surface area contributed by atoms with Crippen LogP contribution in [0, 0.1) is 0 Å². The summed E-state index contributed by atoms with van der Waals surface area (Å²) in [5.74, 6) is 1.33. The van der Waals surface area contributed by atoms with Gasteiger partial charge in [0.1, 0.15) is 22.9 Å². The Balaban J connectivity index is 1.40. The van der Waals surface area contributed by atoms with E-state index in [-0.39, 0.29) is 18.2 Å². The number of carbonyl (C=O) groups excluding carboxylic acids is 1. The van der Waals surface area contributed by atoms with Crippen LogP contribution in [0.5, 0.6) is 5.88 Å². The Morgan fingerprint density at radius 1 is 1.24 bits per heavy atom. The van der Waals surface area contributed by atoms with Crippen LogP contribution < -0.4 is 10.1 Å². The Kier molecular flexibility index (Phi) is 6.20. The van der Waals surface area contributed by atoms with Crippen LogP contribution in [-0.2, 0) is 11.2 Å². The summed E-state index contributed by atoms with van der Waals surface area (Å²) in [6.45, 7) is 5.64. The third kappa shape index (κ3) is 4.78. The molecule has 0 saturated heterocycles. The molecule has 2 aromatic rings. The van der Waals surface area contributed by atoms with E-state index >= 15 is 0 Å². The fourth-order valence-electron chi connectivity index (χ4n) is 4.24. The van der Waals surface area contributed by atoms with Gasteiger partial charge in [0.25, 0.3) is 0 Å². The average Bonchev–Trinajstić information content (AvgIpc) is 3.20. The number of fused-ring (bicyclic) bond motifs is 3. The van der Waals surface area contributed by atoms with Crippen LogP contribution in [0.15, 0.2) is 6.33 Å². The second kappa shape index (κ2) is 8.53. The number of amides is 1. The van der Waals surface area contributed by atoms with Gasteiger partial charge < -0.3 is 14.8 Å². The number of nitrogens with zero attached hydrogens (tertiary/aromatic N) is 2. The van der Waals surface area contributed by atoms with Gasteiger partial charge in [-0.15, -0.1) is 11.3 Å². The fourth-order valence-corrected chi connectivity index (χ4v) is 6.35. The Labute approximate surface area is 189 Å². The first-order valence-corrected chi connectivity index (χ1v) is 12.7. The van der Waals surface area contributed by atoms with Crippen LogP contribution in [0.2, 0.25) is 0 Å². The standard InChI is InChI=1S/C21H28IN3O3S/c1-21(2,3)28-20(26)25-13-5-7-14(8-6-13)27-18-17-16-12(10-22)4-9-15(16)29-19(17)24-11-23-18/h11-14H,4-10H2,1-3H3,(H,25,26)/t12-,13?,14?/m1/s1. The molecule has 1 N–H and O–H groups in total. The number of hydrogen-bond donors (Lipinski definition) is 1. The number of thiophene rings is 1. The lowest BCUT2D eigenvalue weighted by molar-refractivity contribution is 0.0470. The van der Waals surface area contributed by atoms with Gasteiger partial charge in [0.15, 0.2) is 0 Å². The van der Waals surface area contributed by atoms with Gasteiger partial charge in [-0.05, 0) is 70.8 Å². The number of carbonyl (C=O) groups is 1. The normalized spacial score (nSPS) is 24.3. The summed E-state index contributed by atoms with van der Waals surface area (Å²) < 4.78 is 12.9. The number of ether oxygens (including phenoxy) is 2. The molecule has 4 rings (SSSR count). The number of aromatic nitrogens is 2. The largest absolute Gasteiger partial charge is 0.474 e. The highest BCUT2D eigenvalue weighted by Gasteiger charge is 2.31. The molecule has 1 amide bonds. The number of rotatable bonds is 4. The predicted molar refractivity (Wildman–Crippen MR) is 123 cm³/mol. The van der Waals surface area contributed by atoms with Gasteiger partial charge in [0.2, 0.25) is 5.88 Å². The van der Waals surface area contributed by atoms with Crippen molar-refractivity contribution in [3.8, 4) is 5.88 Å². The van der Waals surface area contributed by atoms with Gasteiger partial charge in [-0.2, -0.15) is 0 Å². The molecule has 2 heterocycles. The first-order chi connectivity index (χ1) is 13.8. The van der Waals surface area contributed by atoms with Gasteiger partial charge in [-0.25, -0.2) is 14.8 Å². The SMILES string of the molecule is CC(C)(C)OC(=O)NC1CCC(Oc2ncnc3sc4c(c23)[C@@H](CI)CC4)CC1. The Bertz CT molecular complexity index is 887. The highest BCUT2D eigenvalue weighted by Crippen LogP contribution is 2.46. The van der Waals surface area contributed by atoms with Crippen molar-refractivity contribution in [2.45, 2.75) is 83.0 Å². The summed E-state index contributed by atoms with van der Waals surface area (Å²) >= 11 is 4.28. The first-order valence-electron chi connectivity index (χ1n) is 10.3. The van der Waals surface area contributed by atoms with Crippen molar-refractivity contribution >= 4 is 50.2 Å². The van der Waals surface area contributed by atoms with Crippen LogP contribution in [-0.4, -0.2) is 38.2 Å². The summed E-state index contributed by atoms with van der Waals surface area (Å²) in [6, 6.07) is 0.143. The fraction of sp³-hybridized carbons (Fsp3) is 0.667. The summed E-state index contributed by atoms with van der Waals surface area (Å²) in [5, 5.41) is 4.13. The molecule has 158 valence electrons. The van der Waals surface area contributed by atoms with Crippen molar-refractivity contribution in [1.29, 1.82) is 0 Å². The minimum atomic E-state index is -0.473. The Morgan fingerprint density at radius 2 is 2.00 bits per heavy atom. The van der Waals surface area contributed by atoms with Crippen molar-refractivity contribution in [2.75, 3.05) is 4.43 Å². The zero-order valence-electron chi connectivity index (χ0n) is 17.2. The zero-order valence-corrected chi connectivity index (χ0v) is 20.1. The van der Waals surface area contributed by atoms with E-state index in [0.29, 0.717) is 5.92 Å². The lowest BCUT2D eigenvalue weighted by atomic mass is 9.93. The average molecular weight is 529 g/mol. The molecule has 1 atom stereocenters. The molecular formula is C21H28IN3O3S. The van der Waals surface area contributed by atoms with Crippen molar-refractivity contribution in [1.82, 2.24) is 15.3 Å². The van der Waals surface area contributed by atoms with E-state index in [4.69, 9.17) is 9.47 Å². The number of nitrogens with one attached hydrogen (secondary N) is 1. The lowest BCUT2D eigenvalue weighted by Crippen LogP contribution is -2.42. The van der Waals surface area contributed by atoms with Gasteiger partial charge in [0, 0.05) is 15.3 Å². The van der Waals surface area contributed by atoms with Crippen molar-refractivity contribution in [2.24, 2.45) is 0 Å². The molecule has 1 saturated carbocycles. The third-order valence-corrected chi connectivity index (χ3v) is 7.79. The summed E-state index contributed by atoms with van der Waals surface area (Å²) in [5.41, 5.74) is 0.953. The van der Waals surface area contributed by atoms with E-state index in [1.807, 2.05) is 20.8 Å². The van der Waals surface area contributed by atoms with Crippen LogP contribution in [0.25, 0.3) is 10.2 Å². The molecule has 29 heavy (non-hydrogen) atoms. The smallest absolute Gasteiger partial charge is 0.407 e. The molecular weight excluding hydrogens is 501 g/mol. The molecule has 2 aliphatic rings. The monoisotopic (exact) mass is 529 g/mol. The minimum Gasteiger partial charge on any atom is -0.474 e. The second-order valence-electron chi connectivity index (χ2n) is 8.93. The summed E-state index contributed by atoms with van der Waals surface area (Å²) in [4.78, 5) is 23.5. The van der Waals surface area contributed by atoms with E-state index < -0.39 is 5.60 Å². The molecule has 0 unspecified atom stereocenters. The number of hydrogen-bond acceptors (Lipinski definition) is 6. The highest BCUT2D eigenvalue weighted by molar-refractivity contribution is 14.1. The molecule has 0 bridgehead atoms. The van der Waals surface area contributed by atoms with Crippen LogP contribution in [0.1, 0.15) is 69.2 Å². The first kappa shape index (κ1) is 21.1. The topological polar surface area (TPSA) is 73.3 Å². The van der Waals surface area contributed by atoms with Gasteiger partial charge in [-0.3, -0.25) is 0 Å². The van der Waals surface area contributed by atoms with Gasteiger partial charge in [-0.1, -0.05) is 22.6 Å². The van der Waals surface area contributed by atoms with Crippen molar-refractivity contribution < 1.29 is 14.3 Å². The molecule has 2 aromatic heterocycles. The van der Waals surface area contributed by atoms with E-state index in [9.17, 15) is 4.79 Å². The van der Waals surface area contributed by atoms with E-state index in [2.05, 4.69) is 37.9 Å². The van der Waals surface area contributed by atoms with E-state index in [0.717, 1.165) is 52.6 Å². The second-order valence-corrected chi connectivity index (χ2v) is 10.9. The molecule has 1 fully saturated rings. The molecule has 0 spiro atoms. The molecule has 6 nitrogen and oxygen atoms in total. The van der Waals surface area contributed by atoms with Gasteiger partial charge in [0.05, 0.1) is 5.39 Å². The van der Waals surface area contributed by atoms with Crippen LogP contribution in [0.3, 0.4) is 0 Å². The molecule has 0 radical (unpaired) electrons. The maximum absolute atomic E-state index is 12.0. The van der Waals surface area contributed by atoms with Crippen molar-refractivity contribution in [3.63, 3.8) is 0 Å². The molecule has 0 aromatic carbocycles. The van der Waals surface area contributed by atoms with Crippen LogP contribution >= 0.6 is 33.9 Å². The summed E-state index contributed by atoms with van der Waals surface area (Å²) in [7, 11) is 0. The lowest BCUT2D eigenvalue weighted by Gasteiger charge is -2.30. The number of aryl methyl sites for hydroxylation is 1. The highest BCUT2D eigenvalue weighted by atomic mass is 127. The predicted octanol–water partition coefficient (Wildman–Crippen LogP) is 5.37. The number of alkyl halides is 1. The summed E-state index contributed by atoms with van der Waals surface area (Å²) in [6.07, 6.45) is 7.34. The minimum absolute atomic E-state index is 0.125. The Hall–Kier alpha value is -1.16. The van der Waals surface area contributed by atoms with Crippen molar-refractivity contribution in [3.05, 3.63) is 16.8 Å². The molecule has 2 aliphatic carbocycles. The number of halogens is 1. The quantitative estimate of drug-likeness (QED) is 0.426. The molecule has 0 aliphatic heterocycles. The number of alkyl carbamates (subject to hydrolysis) is 1. The maximum Gasteiger partial charge on any atom is 0.407 e. The molecule has 8 heteroatoms. The maximum atomic E-state index is 12.0. The zero-order chi connectivity index (χ0) is 20.6.